The van der Waals surface area contributed by atoms with Crippen LogP contribution >= 0.6 is 0 Å². The van der Waals surface area contributed by atoms with E-state index in [0.29, 0.717) is 19.4 Å². The number of nitrogens with zero attached hydrogens (tertiary/aromatic N) is 1. The van der Waals surface area contributed by atoms with E-state index in [1.54, 1.807) is 0 Å². The number of carbonyl (C=O) groups is 2. The van der Waals surface area contributed by atoms with Crippen LogP contribution in [-0.4, -0.2) is 41.3 Å². The molecule has 1 fully saturated rings. The summed E-state index contributed by atoms with van der Waals surface area (Å²) in [7, 11) is 0. The summed E-state index contributed by atoms with van der Waals surface area (Å²) in [5, 5.41) is 4.11. The second kappa shape index (κ2) is 7.07. The van der Waals surface area contributed by atoms with Gasteiger partial charge in [-0.05, 0) is 44.4 Å². The molecule has 1 aliphatic rings. The van der Waals surface area contributed by atoms with Crippen molar-refractivity contribution in [2.45, 2.75) is 39.5 Å². The summed E-state index contributed by atoms with van der Waals surface area (Å²) in [6.07, 6.45) is 2.83. The highest BCUT2D eigenvalue weighted by atomic mass is 16.2. The molecule has 2 N–H and O–H groups in total. The zero-order valence-electron chi connectivity index (χ0n) is 14.4. The van der Waals surface area contributed by atoms with E-state index < -0.39 is 0 Å². The number of hydrogen-bond acceptors (Lipinski definition) is 2. The number of aromatic nitrogens is 1. The highest BCUT2D eigenvalue weighted by molar-refractivity contribution is 5.90. The molecule has 24 heavy (non-hydrogen) atoms. The Labute approximate surface area is 142 Å². The van der Waals surface area contributed by atoms with Crippen LogP contribution in [-0.2, 0) is 16.0 Å². The van der Waals surface area contributed by atoms with Gasteiger partial charge in [0.2, 0.25) is 11.8 Å². The molecule has 5 nitrogen and oxygen atoms in total. The molecule has 0 aliphatic carbocycles. The second-order valence-electron chi connectivity index (χ2n) is 6.64. The normalized spacial score (nSPS) is 14.6. The molecular weight excluding hydrogens is 302 g/mol. The van der Waals surface area contributed by atoms with Gasteiger partial charge in [0.25, 0.3) is 0 Å². The van der Waals surface area contributed by atoms with Gasteiger partial charge in [-0.1, -0.05) is 11.6 Å². The summed E-state index contributed by atoms with van der Waals surface area (Å²) in [5.41, 5.74) is 4.39. The van der Waals surface area contributed by atoms with E-state index in [-0.39, 0.29) is 11.8 Å². The van der Waals surface area contributed by atoms with Gasteiger partial charge in [0, 0.05) is 42.7 Å². The minimum atomic E-state index is 0.0354. The Morgan fingerprint density at radius 3 is 2.92 bits per heavy atom. The van der Waals surface area contributed by atoms with Crippen LogP contribution < -0.4 is 5.32 Å². The smallest absolute Gasteiger partial charge is 0.224 e. The summed E-state index contributed by atoms with van der Waals surface area (Å²) in [6, 6.07) is 6.26. The van der Waals surface area contributed by atoms with Crippen LogP contribution in [0.25, 0.3) is 10.9 Å². The minimum absolute atomic E-state index is 0.0354. The molecule has 1 aromatic heterocycles. The van der Waals surface area contributed by atoms with Crippen LogP contribution in [0.4, 0.5) is 0 Å². The molecule has 0 radical (unpaired) electrons. The average molecular weight is 327 g/mol. The average Bonchev–Trinajstić information content (AvgIpc) is 3.08. The summed E-state index contributed by atoms with van der Waals surface area (Å²) in [6.45, 7) is 6.29. The van der Waals surface area contributed by atoms with Crippen LogP contribution in [0.3, 0.4) is 0 Å². The van der Waals surface area contributed by atoms with E-state index in [1.807, 2.05) is 11.8 Å². The lowest BCUT2D eigenvalue weighted by atomic mass is 10.1. The molecule has 2 amide bonds. The van der Waals surface area contributed by atoms with E-state index in [1.165, 1.54) is 5.56 Å². The summed E-state index contributed by atoms with van der Waals surface area (Å²) in [4.78, 5) is 29.0. The SMILES string of the molecule is Cc1ccc2[nH]c(C)c(CC(=O)NCCCN3CCCC3=O)c2c1. The maximum absolute atomic E-state index is 12.2. The topological polar surface area (TPSA) is 65.2 Å². The fourth-order valence-electron chi connectivity index (χ4n) is 3.39. The molecule has 0 spiro atoms. The molecule has 0 unspecified atom stereocenters. The van der Waals surface area contributed by atoms with Crippen LogP contribution in [0.5, 0.6) is 0 Å². The first-order valence-corrected chi connectivity index (χ1v) is 8.67. The van der Waals surface area contributed by atoms with Crippen molar-refractivity contribution in [2.75, 3.05) is 19.6 Å². The number of H-pyrrole nitrogens is 1. The molecule has 128 valence electrons. The second-order valence-corrected chi connectivity index (χ2v) is 6.64. The van der Waals surface area contributed by atoms with Gasteiger partial charge in [0.05, 0.1) is 6.42 Å². The van der Waals surface area contributed by atoms with E-state index >= 15 is 0 Å². The van der Waals surface area contributed by atoms with E-state index in [0.717, 1.165) is 48.1 Å². The summed E-state index contributed by atoms with van der Waals surface area (Å²) >= 11 is 0. The molecule has 1 aliphatic heterocycles. The Kier molecular flexibility index (Phi) is 4.88. The Balaban J connectivity index is 1.52. The predicted octanol–water partition coefficient (Wildman–Crippen LogP) is 2.46. The summed E-state index contributed by atoms with van der Waals surface area (Å²) in [5.74, 6) is 0.277. The summed E-state index contributed by atoms with van der Waals surface area (Å²) < 4.78 is 0. The molecule has 2 aromatic rings. The first-order valence-electron chi connectivity index (χ1n) is 8.67. The van der Waals surface area contributed by atoms with Crippen LogP contribution in [0.2, 0.25) is 0 Å². The quantitative estimate of drug-likeness (QED) is 0.801. The minimum Gasteiger partial charge on any atom is -0.358 e. The van der Waals surface area contributed by atoms with Gasteiger partial charge in [0.15, 0.2) is 0 Å². The van der Waals surface area contributed by atoms with Crippen LogP contribution in [0, 0.1) is 13.8 Å². The first-order chi connectivity index (χ1) is 11.5. The number of fused-ring (bicyclic) bond motifs is 1. The fourth-order valence-corrected chi connectivity index (χ4v) is 3.39. The Morgan fingerprint density at radius 1 is 1.33 bits per heavy atom. The van der Waals surface area contributed by atoms with E-state index in [2.05, 4.69) is 35.4 Å². The van der Waals surface area contributed by atoms with Crippen molar-refractivity contribution < 1.29 is 9.59 Å². The van der Waals surface area contributed by atoms with Gasteiger partial charge in [-0.15, -0.1) is 0 Å². The molecule has 5 heteroatoms. The van der Waals surface area contributed by atoms with Crippen molar-refractivity contribution in [3.63, 3.8) is 0 Å². The van der Waals surface area contributed by atoms with Gasteiger partial charge in [-0.25, -0.2) is 0 Å². The third kappa shape index (κ3) is 3.61. The lowest BCUT2D eigenvalue weighted by Crippen LogP contribution is -2.31. The monoisotopic (exact) mass is 327 g/mol. The standard InChI is InChI=1S/C19H25N3O2/c1-13-6-7-17-16(11-13)15(14(2)21-17)12-18(23)20-8-4-10-22-9-3-5-19(22)24/h6-7,11,21H,3-5,8-10,12H2,1-2H3,(H,20,23). The van der Waals surface area contributed by atoms with Crippen LogP contribution in [0.15, 0.2) is 18.2 Å². The van der Waals surface area contributed by atoms with Crippen molar-refractivity contribution in [3.05, 3.63) is 35.0 Å². The molecular formula is C19H25N3O2. The number of rotatable bonds is 6. The van der Waals surface area contributed by atoms with Crippen LogP contribution in [0.1, 0.15) is 36.1 Å². The number of amides is 2. The van der Waals surface area contributed by atoms with E-state index in [9.17, 15) is 9.59 Å². The molecule has 2 heterocycles. The highest BCUT2D eigenvalue weighted by Gasteiger charge is 2.19. The molecule has 1 aromatic carbocycles. The fraction of sp³-hybridized carbons (Fsp3) is 0.474. The molecule has 0 bridgehead atoms. The molecule has 1 saturated heterocycles. The number of likely N-dealkylation sites (tertiary alicyclic amines) is 1. The molecule has 0 atom stereocenters. The van der Waals surface area contributed by atoms with Crippen molar-refractivity contribution in [2.24, 2.45) is 0 Å². The number of aromatic amines is 1. The van der Waals surface area contributed by atoms with Gasteiger partial charge in [-0.2, -0.15) is 0 Å². The molecule has 0 saturated carbocycles. The van der Waals surface area contributed by atoms with Crippen molar-refractivity contribution in [1.29, 1.82) is 0 Å². The third-order valence-electron chi connectivity index (χ3n) is 4.71. The van der Waals surface area contributed by atoms with E-state index in [4.69, 9.17) is 0 Å². The molecule has 3 rings (SSSR count). The Bertz CT molecular complexity index is 763. The predicted molar refractivity (Wildman–Crippen MR) is 94.9 cm³/mol. The largest absolute Gasteiger partial charge is 0.358 e. The highest BCUT2D eigenvalue weighted by Crippen LogP contribution is 2.23. The first kappa shape index (κ1) is 16.6. The van der Waals surface area contributed by atoms with Gasteiger partial charge < -0.3 is 15.2 Å². The number of aryl methyl sites for hydroxylation is 2. The van der Waals surface area contributed by atoms with Gasteiger partial charge in [-0.3, -0.25) is 9.59 Å². The van der Waals surface area contributed by atoms with Crippen molar-refractivity contribution in [1.82, 2.24) is 15.2 Å². The van der Waals surface area contributed by atoms with Gasteiger partial charge >= 0.3 is 0 Å². The lowest BCUT2D eigenvalue weighted by Gasteiger charge is -2.15. The maximum Gasteiger partial charge on any atom is 0.224 e. The number of nitrogens with one attached hydrogen (secondary N) is 2. The zero-order chi connectivity index (χ0) is 17.1. The third-order valence-corrected chi connectivity index (χ3v) is 4.71. The lowest BCUT2D eigenvalue weighted by molar-refractivity contribution is -0.127. The van der Waals surface area contributed by atoms with Gasteiger partial charge in [0.1, 0.15) is 0 Å². The maximum atomic E-state index is 12.2. The Hall–Kier alpha value is -2.30. The van der Waals surface area contributed by atoms with Crippen molar-refractivity contribution in [3.8, 4) is 0 Å². The number of benzene rings is 1. The zero-order valence-corrected chi connectivity index (χ0v) is 14.4. The number of carbonyl (C=O) groups excluding carboxylic acids is 2. The number of hydrogen-bond donors (Lipinski definition) is 2. The van der Waals surface area contributed by atoms with Crippen molar-refractivity contribution >= 4 is 22.7 Å². The Morgan fingerprint density at radius 2 is 2.17 bits per heavy atom.